The first-order valence-electron chi connectivity index (χ1n) is 16.3. The normalized spacial score (nSPS) is 12.5. The van der Waals surface area contributed by atoms with Gasteiger partial charge in [-0.3, -0.25) is 14.4 Å². The standard InChI is InChI=1S/C30H62N6O8/c1-2-16-40-20-23-43-19-11-28(37)34-14-7-17-41-21-24-44-25-22-42-18-8-15-35-30(39)27(10-4-6-13-32)36-29(38)26(33)9-3-5-12-31/h26-27H,2-25,31-33H2,1H3,(H,34,37)(H,35,39)(H,36,38)/t26-,27-/m0/s1. The average molecular weight is 635 g/mol. The van der Waals surface area contributed by atoms with Gasteiger partial charge < -0.3 is 56.8 Å². The lowest BCUT2D eigenvalue weighted by molar-refractivity contribution is -0.129. The molecule has 0 aliphatic heterocycles. The average Bonchev–Trinajstić information content (AvgIpc) is 3.01. The van der Waals surface area contributed by atoms with Gasteiger partial charge in [-0.25, -0.2) is 0 Å². The number of unbranched alkanes of at least 4 members (excludes halogenated alkanes) is 2. The van der Waals surface area contributed by atoms with E-state index in [0.717, 1.165) is 45.1 Å². The lowest BCUT2D eigenvalue weighted by atomic mass is 10.1. The summed E-state index contributed by atoms with van der Waals surface area (Å²) < 4.78 is 27.2. The summed E-state index contributed by atoms with van der Waals surface area (Å²) >= 11 is 0. The highest BCUT2D eigenvalue weighted by Gasteiger charge is 2.23. The summed E-state index contributed by atoms with van der Waals surface area (Å²) in [6.07, 6.45) is 6.79. The van der Waals surface area contributed by atoms with Crippen molar-refractivity contribution in [3.8, 4) is 0 Å². The SMILES string of the molecule is CCCOCCOCCC(=O)NCCCOCCOCCOCCCNC(=O)[C@H](CCCCN)NC(=O)[C@@H](N)CCCCN. The molecule has 14 nitrogen and oxygen atoms in total. The molecule has 0 aliphatic rings. The van der Waals surface area contributed by atoms with E-state index in [1.54, 1.807) is 0 Å². The Hall–Kier alpha value is -1.91. The summed E-state index contributed by atoms with van der Waals surface area (Å²) in [4.78, 5) is 36.9. The molecular formula is C30H62N6O8. The van der Waals surface area contributed by atoms with Gasteiger partial charge in [0.15, 0.2) is 0 Å². The third-order valence-corrected chi connectivity index (χ3v) is 6.38. The van der Waals surface area contributed by atoms with Gasteiger partial charge >= 0.3 is 0 Å². The molecule has 0 aromatic rings. The molecule has 2 atom stereocenters. The Bertz CT molecular complexity index is 692. The van der Waals surface area contributed by atoms with E-state index in [2.05, 4.69) is 22.9 Å². The number of rotatable bonds is 33. The summed E-state index contributed by atoms with van der Waals surface area (Å²) in [5, 5.41) is 8.50. The second-order valence-corrected chi connectivity index (χ2v) is 10.4. The van der Waals surface area contributed by atoms with E-state index in [9.17, 15) is 14.4 Å². The third-order valence-electron chi connectivity index (χ3n) is 6.38. The van der Waals surface area contributed by atoms with Crippen molar-refractivity contribution in [1.29, 1.82) is 0 Å². The van der Waals surface area contributed by atoms with Gasteiger partial charge in [-0.1, -0.05) is 13.3 Å². The van der Waals surface area contributed by atoms with Crippen molar-refractivity contribution in [2.45, 2.75) is 83.2 Å². The van der Waals surface area contributed by atoms with Crippen LogP contribution < -0.4 is 33.2 Å². The number of nitrogens with one attached hydrogen (secondary N) is 3. The lowest BCUT2D eigenvalue weighted by Gasteiger charge is -2.21. The molecule has 14 heteroatoms. The van der Waals surface area contributed by atoms with Crippen LogP contribution in [0.3, 0.4) is 0 Å². The Morgan fingerprint density at radius 1 is 0.591 bits per heavy atom. The van der Waals surface area contributed by atoms with Gasteiger partial charge in [0.1, 0.15) is 6.04 Å². The molecule has 0 saturated carbocycles. The van der Waals surface area contributed by atoms with Gasteiger partial charge in [-0.2, -0.15) is 0 Å². The van der Waals surface area contributed by atoms with Crippen molar-refractivity contribution in [3.05, 3.63) is 0 Å². The predicted molar refractivity (Wildman–Crippen MR) is 170 cm³/mol. The second-order valence-electron chi connectivity index (χ2n) is 10.4. The quantitative estimate of drug-likeness (QED) is 0.0527. The van der Waals surface area contributed by atoms with Crippen LogP contribution in [-0.2, 0) is 38.1 Å². The number of carbonyl (C=O) groups excluding carboxylic acids is 3. The van der Waals surface area contributed by atoms with Crippen LogP contribution in [0.2, 0.25) is 0 Å². The molecule has 0 aromatic heterocycles. The van der Waals surface area contributed by atoms with Crippen LogP contribution in [-0.4, -0.2) is 122 Å². The molecule has 0 heterocycles. The molecule has 0 spiro atoms. The number of amides is 3. The number of hydrogen-bond donors (Lipinski definition) is 6. The van der Waals surface area contributed by atoms with E-state index >= 15 is 0 Å². The maximum Gasteiger partial charge on any atom is 0.242 e. The smallest absolute Gasteiger partial charge is 0.242 e. The number of ether oxygens (including phenoxy) is 5. The fraction of sp³-hybridized carbons (Fsp3) is 0.900. The van der Waals surface area contributed by atoms with Crippen molar-refractivity contribution in [2.75, 3.05) is 92.2 Å². The highest BCUT2D eigenvalue weighted by atomic mass is 16.5. The first-order chi connectivity index (χ1) is 21.5. The van der Waals surface area contributed by atoms with Gasteiger partial charge in [0, 0.05) is 39.3 Å². The van der Waals surface area contributed by atoms with Crippen molar-refractivity contribution in [1.82, 2.24) is 16.0 Å². The first-order valence-corrected chi connectivity index (χ1v) is 16.3. The van der Waals surface area contributed by atoms with Gasteiger partial charge in [0.25, 0.3) is 0 Å². The highest BCUT2D eigenvalue weighted by Crippen LogP contribution is 2.04. The molecule has 9 N–H and O–H groups in total. The number of nitrogens with two attached hydrogens (primary N) is 3. The van der Waals surface area contributed by atoms with E-state index in [4.69, 9.17) is 40.9 Å². The van der Waals surface area contributed by atoms with E-state index in [1.807, 2.05) is 0 Å². The van der Waals surface area contributed by atoms with E-state index in [0.29, 0.717) is 111 Å². The van der Waals surface area contributed by atoms with Crippen LogP contribution in [0.5, 0.6) is 0 Å². The van der Waals surface area contributed by atoms with Crippen LogP contribution in [0.15, 0.2) is 0 Å². The molecule has 0 fully saturated rings. The monoisotopic (exact) mass is 634 g/mol. The molecule has 0 radical (unpaired) electrons. The zero-order valence-electron chi connectivity index (χ0n) is 27.1. The van der Waals surface area contributed by atoms with E-state index < -0.39 is 12.1 Å². The van der Waals surface area contributed by atoms with Crippen LogP contribution in [0.1, 0.15) is 71.1 Å². The van der Waals surface area contributed by atoms with E-state index in [-0.39, 0.29) is 17.7 Å². The summed E-state index contributed by atoms with van der Waals surface area (Å²) in [5.41, 5.74) is 17.0. The minimum Gasteiger partial charge on any atom is -0.379 e. The fourth-order valence-electron chi connectivity index (χ4n) is 3.85. The highest BCUT2D eigenvalue weighted by molar-refractivity contribution is 5.89. The minimum absolute atomic E-state index is 0.0355. The Balaban J connectivity index is 3.72. The molecule has 0 bridgehead atoms. The van der Waals surface area contributed by atoms with Crippen LogP contribution in [0.25, 0.3) is 0 Å². The second kappa shape index (κ2) is 32.5. The summed E-state index contributed by atoms with van der Waals surface area (Å²) in [6.45, 7) is 9.13. The maximum atomic E-state index is 12.7. The fourth-order valence-corrected chi connectivity index (χ4v) is 3.85. The van der Waals surface area contributed by atoms with E-state index in [1.165, 1.54) is 0 Å². The van der Waals surface area contributed by atoms with Gasteiger partial charge in [-0.05, 0) is 64.5 Å². The van der Waals surface area contributed by atoms with Crippen molar-refractivity contribution >= 4 is 17.7 Å². The molecule has 0 aliphatic carbocycles. The summed E-state index contributed by atoms with van der Waals surface area (Å²) in [5.74, 6) is -0.592. The molecule has 0 aromatic carbocycles. The van der Waals surface area contributed by atoms with Crippen LogP contribution in [0.4, 0.5) is 0 Å². The topological polar surface area (TPSA) is 212 Å². The minimum atomic E-state index is -0.662. The predicted octanol–water partition coefficient (Wildman–Crippen LogP) is -0.0478. The van der Waals surface area contributed by atoms with Gasteiger partial charge in [-0.15, -0.1) is 0 Å². The molecule has 0 unspecified atom stereocenters. The van der Waals surface area contributed by atoms with Crippen molar-refractivity contribution < 1.29 is 38.1 Å². The molecule has 0 rings (SSSR count). The Kier molecular flexibility index (Phi) is 31.1. The number of carbonyl (C=O) groups is 3. The molecule has 260 valence electrons. The molecular weight excluding hydrogens is 572 g/mol. The van der Waals surface area contributed by atoms with Gasteiger partial charge in [0.2, 0.25) is 17.7 Å². The summed E-state index contributed by atoms with van der Waals surface area (Å²) in [7, 11) is 0. The van der Waals surface area contributed by atoms with Crippen LogP contribution >= 0.6 is 0 Å². The summed E-state index contributed by atoms with van der Waals surface area (Å²) in [6, 6.07) is -1.30. The zero-order valence-corrected chi connectivity index (χ0v) is 27.1. The molecule has 3 amide bonds. The number of hydrogen-bond acceptors (Lipinski definition) is 11. The largest absolute Gasteiger partial charge is 0.379 e. The van der Waals surface area contributed by atoms with Crippen LogP contribution in [0, 0.1) is 0 Å². The molecule has 0 saturated heterocycles. The Morgan fingerprint density at radius 2 is 1.09 bits per heavy atom. The first kappa shape index (κ1) is 42.1. The third kappa shape index (κ3) is 27.6. The zero-order chi connectivity index (χ0) is 32.5. The van der Waals surface area contributed by atoms with Crippen molar-refractivity contribution in [3.63, 3.8) is 0 Å². The van der Waals surface area contributed by atoms with Crippen molar-refractivity contribution in [2.24, 2.45) is 17.2 Å². The Labute approximate surface area is 264 Å². The maximum absolute atomic E-state index is 12.7. The lowest BCUT2D eigenvalue weighted by Crippen LogP contribution is -2.51. The Morgan fingerprint density at radius 3 is 1.66 bits per heavy atom. The van der Waals surface area contributed by atoms with Gasteiger partial charge in [0.05, 0.1) is 52.3 Å². The molecule has 44 heavy (non-hydrogen) atoms.